The Morgan fingerprint density at radius 3 is 2.53 bits per heavy atom. The Balaban J connectivity index is 3.19. The van der Waals surface area contributed by atoms with Crippen molar-refractivity contribution in [3.63, 3.8) is 0 Å². The molecule has 0 amide bonds. The van der Waals surface area contributed by atoms with Gasteiger partial charge in [-0.25, -0.2) is 8.42 Å². The predicted octanol–water partition coefficient (Wildman–Crippen LogP) is 1.51. The van der Waals surface area contributed by atoms with Gasteiger partial charge in [0.25, 0.3) is 0 Å². The van der Waals surface area contributed by atoms with Gasteiger partial charge in [0.15, 0.2) is 0 Å². The zero-order valence-electron chi connectivity index (χ0n) is 9.24. The van der Waals surface area contributed by atoms with Crippen LogP contribution >= 0.6 is 0 Å². The summed E-state index contributed by atoms with van der Waals surface area (Å²) in [4.78, 5) is 0. The smallest absolute Gasteiger partial charge is 0.232 e. The summed E-state index contributed by atoms with van der Waals surface area (Å²) in [6, 6.07) is 0. The van der Waals surface area contributed by atoms with Gasteiger partial charge in [-0.3, -0.25) is 4.31 Å². The molecule has 0 bridgehead atoms. The molecule has 0 aliphatic carbocycles. The maximum atomic E-state index is 11.4. The molecule has 0 unspecified atom stereocenters. The van der Waals surface area contributed by atoms with E-state index in [1.54, 1.807) is 0 Å². The van der Waals surface area contributed by atoms with Crippen molar-refractivity contribution in [2.24, 2.45) is 0 Å². The summed E-state index contributed by atoms with van der Waals surface area (Å²) >= 11 is 0. The van der Waals surface area contributed by atoms with Gasteiger partial charge in [0.05, 0.1) is 6.26 Å². The number of hydrogen-bond donors (Lipinski definition) is 0. The Bertz CT molecular complexity index is 459. The zero-order chi connectivity index (χ0) is 11.6. The Morgan fingerprint density at radius 1 is 1.53 bits per heavy atom. The molecule has 0 aromatic carbocycles. The Morgan fingerprint density at radius 2 is 2.13 bits per heavy atom. The molecular weight excluding hydrogens is 210 g/mol. The van der Waals surface area contributed by atoms with Gasteiger partial charge in [-0.2, -0.15) is 0 Å². The van der Waals surface area contributed by atoms with Crippen LogP contribution in [0.25, 0.3) is 0 Å². The van der Waals surface area contributed by atoms with Gasteiger partial charge in [-0.15, -0.1) is 6.42 Å². The standard InChI is InChI=1S/C11H15NO2S/c1-5-11-10(8-9(2)3)6-7-12(11)15(4,13)14/h1,8H,6-7H2,2-4H3. The predicted molar refractivity (Wildman–Crippen MR) is 61.5 cm³/mol. The lowest BCUT2D eigenvalue weighted by molar-refractivity contribution is 0.514. The van der Waals surface area contributed by atoms with Crippen molar-refractivity contribution >= 4 is 10.0 Å². The van der Waals surface area contributed by atoms with Gasteiger partial charge in [0, 0.05) is 6.54 Å². The maximum absolute atomic E-state index is 11.4. The van der Waals surface area contributed by atoms with Crippen LogP contribution in [0.15, 0.2) is 22.9 Å². The number of rotatable bonds is 2. The van der Waals surface area contributed by atoms with Crippen LogP contribution in [0.5, 0.6) is 0 Å². The van der Waals surface area contributed by atoms with Gasteiger partial charge < -0.3 is 0 Å². The molecule has 1 rings (SSSR count). The number of terminal acetylenes is 1. The highest BCUT2D eigenvalue weighted by atomic mass is 32.2. The van der Waals surface area contributed by atoms with E-state index in [0.29, 0.717) is 18.7 Å². The van der Waals surface area contributed by atoms with E-state index < -0.39 is 10.0 Å². The van der Waals surface area contributed by atoms with Crippen LogP contribution in [0.2, 0.25) is 0 Å². The summed E-state index contributed by atoms with van der Waals surface area (Å²) in [6.07, 6.45) is 9.16. The number of allylic oxidation sites excluding steroid dienone is 3. The quantitative estimate of drug-likeness (QED) is 0.668. The van der Waals surface area contributed by atoms with Gasteiger partial charge in [-0.05, 0) is 25.8 Å². The topological polar surface area (TPSA) is 37.4 Å². The molecule has 1 aliphatic rings. The Labute approximate surface area is 91.5 Å². The normalized spacial score (nSPS) is 16.5. The molecule has 0 radical (unpaired) electrons. The Hall–Kier alpha value is -1.21. The van der Waals surface area contributed by atoms with Crippen LogP contribution in [0.4, 0.5) is 0 Å². The largest absolute Gasteiger partial charge is 0.262 e. The van der Waals surface area contributed by atoms with Crippen LogP contribution < -0.4 is 0 Å². The second kappa shape index (κ2) is 4.11. The summed E-state index contributed by atoms with van der Waals surface area (Å²) in [5.74, 6) is 2.46. The molecule has 0 aromatic heterocycles. The average Bonchev–Trinajstić information content (AvgIpc) is 2.45. The number of nitrogens with zero attached hydrogens (tertiary/aromatic N) is 1. The minimum Gasteiger partial charge on any atom is -0.262 e. The lowest BCUT2D eigenvalue weighted by Crippen LogP contribution is -2.26. The van der Waals surface area contributed by atoms with E-state index in [4.69, 9.17) is 6.42 Å². The average molecular weight is 225 g/mol. The van der Waals surface area contributed by atoms with Gasteiger partial charge in [-0.1, -0.05) is 17.6 Å². The second-order valence-electron chi connectivity index (χ2n) is 3.82. The van der Waals surface area contributed by atoms with E-state index in [-0.39, 0.29) is 0 Å². The van der Waals surface area contributed by atoms with Gasteiger partial charge in [0.2, 0.25) is 10.0 Å². The van der Waals surface area contributed by atoms with Crippen LogP contribution in [-0.2, 0) is 10.0 Å². The third kappa shape index (κ3) is 2.63. The third-order valence-corrected chi connectivity index (χ3v) is 3.30. The fourth-order valence-electron chi connectivity index (χ4n) is 1.60. The number of hydrogen-bond acceptors (Lipinski definition) is 2. The summed E-state index contributed by atoms with van der Waals surface area (Å²) in [5.41, 5.74) is 2.54. The summed E-state index contributed by atoms with van der Waals surface area (Å²) in [7, 11) is -3.23. The van der Waals surface area contributed by atoms with E-state index in [1.165, 1.54) is 10.6 Å². The summed E-state index contributed by atoms with van der Waals surface area (Å²) in [5, 5.41) is 0. The fourth-order valence-corrected chi connectivity index (χ4v) is 2.52. The van der Waals surface area contributed by atoms with Crippen molar-refractivity contribution < 1.29 is 8.42 Å². The fraction of sp³-hybridized carbons (Fsp3) is 0.455. The molecule has 0 spiro atoms. The van der Waals surface area contributed by atoms with Crippen molar-refractivity contribution in [2.75, 3.05) is 12.8 Å². The van der Waals surface area contributed by atoms with Crippen molar-refractivity contribution in [2.45, 2.75) is 20.3 Å². The lowest BCUT2D eigenvalue weighted by Gasteiger charge is -2.15. The van der Waals surface area contributed by atoms with Crippen molar-refractivity contribution in [3.8, 4) is 12.3 Å². The molecular formula is C11H15NO2S. The molecule has 3 nitrogen and oxygen atoms in total. The lowest BCUT2D eigenvalue weighted by atomic mass is 10.1. The monoisotopic (exact) mass is 225 g/mol. The summed E-state index contributed by atoms with van der Waals surface area (Å²) < 4.78 is 24.1. The van der Waals surface area contributed by atoms with Gasteiger partial charge in [0.1, 0.15) is 5.70 Å². The third-order valence-electron chi connectivity index (χ3n) is 2.14. The number of sulfonamides is 1. The molecule has 0 fully saturated rings. The SMILES string of the molecule is C#CC1=C(C=C(C)C)CCN1S(C)(=O)=O. The Kier molecular flexibility index (Phi) is 3.25. The first-order valence-electron chi connectivity index (χ1n) is 4.68. The minimum absolute atomic E-state index is 0.456. The van der Waals surface area contributed by atoms with E-state index >= 15 is 0 Å². The first-order chi connectivity index (χ1) is 6.86. The van der Waals surface area contributed by atoms with Crippen LogP contribution in [-0.4, -0.2) is 25.5 Å². The first-order valence-corrected chi connectivity index (χ1v) is 6.53. The molecule has 0 saturated heterocycles. The van der Waals surface area contributed by atoms with Crippen LogP contribution in [0.3, 0.4) is 0 Å². The molecule has 0 saturated carbocycles. The molecule has 0 N–H and O–H groups in total. The van der Waals surface area contributed by atoms with Crippen LogP contribution in [0, 0.1) is 12.3 Å². The minimum atomic E-state index is -3.23. The highest BCUT2D eigenvalue weighted by molar-refractivity contribution is 7.88. The van der Waals surface area contributed by atoms with Gasteiger partial charge >= 0.3 is 0 Å². The highest BCUT2D eigenvalue weighted by Gasteiger charge is 2.26. The molecule has 0 atom stereocenters. The summed E-state index contributed by atoms with van der Waals surface area (Å²) in [6.45, 7) is 4.38. The second-order valence-corrected chi connectivity index (χ2v) is 5.73. The van der Waals surface area contributed by atoms with E-state index in [2.05, 4.69) is 5.92 Å². The van der Waals surface area contributed by atoms with E-state index in [1.807, 2.05) is 19.9 Å². The zero-order valence-corrected chi connectivity index (χ0v) is 10.1. The van der Waals surface area contributed by atoms with E-state index in [9.17, 15) is 8.42 Å². The van der Waals surface area contributed by atoms with Crippen LogP contribution in [0.1, 0.15) is 20.3 Å². The van der Waals surface area contributed by atoms with Crippen molar-refractivity contribution in [1.29, 1.82) is 0 Å². The molecule has 82 valence electrons. The highest BCUT2D eigenvalue weighted by Crippen LogP contribution is 2.26. The van der Waals surface area contributed by atoms with E-state index in [0.717, 1.165) is 11.1 Å². The molecule has 1 aliphatic heterocycles. The molecule has 4 heteroatoms. The molecule has 0 aromatic rings. The van der Waals surface area contributed by atoms with Crippen molar-refractivity contribution in [1.82, 2.24) is 4.31 Å². The molecule has 15 heavy (non-hydrogen) atoms. The van der Waals surface area contributed by atoms with Crippen molar-refractivity contribution in [3.05, 3.63) is 22.9 Å². The first kappa shape index (κ1) is 11.9. The maximum Gasteiger partial charge on any atom is 0.232 e. The molecule has 1 heterocycles.